The Balaban J connectivity index is 1.77. The van der Waals surface area contributed by atoms with Crippen LogP contribution in [0.15, 0.2) is 5.10 Å². The number of likely N-dealkylation sites (N-methyl/N-ethyl adjacent to an activating group) is 2. The molecule has 2 aliphatic heterocycles. The van der Waals surface area contributed by atoms with Crippen LogP contribution in [0.5, 0.6) is 0 Å². The molecule has 0 aromatic carbocycles. The van der Waals surface area contributed by atoms with Crippen molar-refractivity contribution in [2.75, 3.05) is 53.5 Å². The second-order valence-electron chi connectivity index (χ2n) is 10.1. The van der Waals surface area contributed by atoms with Crippen molar-refractivity contribution in [1.29, 1.82) is 0 Å². The molecule has 0 bridgehead atoms. The van der Waals surface area contributed by atoms with Crippen LogP contribution in [-0.2, 0) is 4.74 Å². The lowest BCUT2D eigenvalue weighted by Gasteiger charge is -2.47. The minimum atomic E-state index is -2.63. The summed E-state index contributed by atoms with van der Waals surface area (Å²) in [4.78, 5) is 2.27. The third-order valence-corrected chi connectivity index (χ3v) is 8.23. The monoisotopic (exact) mass is 428 g/mol. The number of rotatable bonds is 10. The van der Waals surface area contributed by atoms with Crippen LogP contribution in [0.4, 0.5) is 8.78 Å². The van der Waals surface area contributed by atoms with E-state index in [1.807, 2.05) is 7.05 Å². The van der Waals surface area contributed by atoms with Crippen LogP contribution in [-0.4, -0.2) is 81.1 Å². The first kappa shape index (κ1) is 23.9. The molecule has 0 radical (unpaired) electrons. The molecule has 2 fully saturated rings. The fourth-order valence-corrected chi connectivity index (χ4v) is 5.98. The summed E-state index contributed by atoms with van der Waals surface area (Å²) in [7, 11) is 4.05. The number of halogens is 2. The van der Waals surface area contributed by atoms with E-state index in [-0.39, 0.29) is 29.8 Å². The van der Waals surface area contributed by atoms with E-state index in [0.717, 1.165) is 70.7 Å². The van der Waals surface area contributed by atoms with Crippen molar-refractivity contribution in [3.8, 4) is 0 Å². The molecule has 1 aliphatic carbocycles. The Kier molecular flexibility index (Phi) is 7.45. The minimum Gasteiger partial charge on any atom is -0.381 e. The molecular formula is C23H42F2N4O. The third kappa shape index (κ3) is 4.68. The van der Waals surface area contributed by atoms with E-state index in [1.165, 1.54) is 0 Å². The van der Waals surface area contributed by atoms with Crippen molar-refractivity contribution in [3.05, 3.63) is 0 Å². The molecule has 3 aliphatic rings. The second kappa shape index (κ2) is 9.37. The van der Waals surface area contributed by atoms with Crippen LogP contribution in [0, 0.1) is 16.7 Å². The van der Waals surface area contributed by atoms with Crippen LogP contribution in [0.25, 0.3) is 0 Å². The van der Waals surface area contributed by atoms with Crippen LogP contribution < -0.4 is 5.32 Å². The molecule has 2 unspecified atom stereocenters. The average molecular weight is 429 g/mol. The Hall–Kier alpha value is -0.790. The van der Waals surface area contributed by atoms with Gasteiger partial charge in [-0.2, -0.15) is 5.10 Å². The van der Waals surface area contributed by atoms with Crippen molar-refractivity contribution in [2.24, 2.45) is 21.8 Å². The number of hydrazone groups is 1. The summed E-state index contributed by atoms with van der Waals surface area (Å²) in [5, 5.41) is 9.72. The minimum absolute atomic E-state index is 0.0644. The van der Waals surface area contributed by atoms with Gasteiger partial charge in [-0.3, -0.25) is 9.91 Å². The number of alkyl halides is 2. The van der Waals surface area contributed by atoms with Gasteiger partial charge in [-0.05, 0) is 64.5 Å². The summed E-state index contributed by atoms with van der Waals surface area (Å²) in [5.41, 5.74) is 1.08. The van der Waals surface area contributed by atoms with Gasteiger partial charge >= 0.3 is 0 Å². The van der Waals surface area contributed by atoms with E-state index in [2.05, 4.69) is 38.0 Å². The quantitative estimate of drug-likeness (QED) is 0.574. The largest absolute Gasteiger partial charge is 0.381 e. The van der Waals surface area contributed by atoms with Gasteiger partial charge in [0, 0.05) is 38.1 Å². The lowest BCUT2D eigenvalue weighted by Crippen LogP contribution is -2.50. The molecule has 1 N–H and O–H groups in total. The van der Waals surface area contributed by atoms with E-state index < -0.39 is 5.92 Å². The summed E-state index contributed by atoms with van der Waals surface area (Å²) in [6.45, 7) is 10.5. The van der Waals surface area contributed by atoms with Crippen molar-refractivity contribution in [3.63, 3.8) is 0 Å². The summed E-state index contributed by atoms with van der Waals surface area (Å²) >= 11 is 0. The van der Waals surface area contributed by atoms with Crippen molar-refractivity contribution < 1.29 is 13.5 Å². The van der Waals surface area contributed by atoms with E-state index in [1.54, 1.807) is 5.01 Å². The topological polar surface area (TPSA) is 40.1 Å². The van der Waals surface area contributed by atoms with E-state index in [4.69, 9.17) is 9.84 Å². The van der Waals surface area contributed by atoms with Crippen LogP contribution in [0.3, 0.4) is 0 Å². The molecule has 0 spiro atoms. The molecule has 1 saturated carbocycles. The van der Waals surface area contributed by atoms with Crippen molar-refractivity contribution >= 4 is 5.71 Å². The van der Waals surface area contributed by atoms with Gasteiger partial charge in [-0.1, -0.05) is 13.8 Å². The first-order valence-corrected chi connectivity index (χ1v) is 11.8. The molecule has 30 heavy (non-hydrogen) atoms. The lowest BCUT2D eigenvalue weighted by molar-refractivity contribution is -0.00757. The van der Waals surface area contributed by atoms with Gasteiger partial charge < -0.3 is 10.1 Å². The highest BCUT2D eigenvalue weighted by Gasteiger charge is 2.60. The third-order valence-electron chi connectivity index (χ3n) is 8.23. The Morgan fingerprint density at radius 1 is 1.27 bits per heavy atom. The highest BCUT2D eigenvalue weighted by Crippen LogP contribution is 2.55. The molecule has 7 heteroatoms. The highest BCUT2D eigenvalue weighted by molar-refractivity contribution is 5.94. The van der Waals surface area contributed by atoms with Crippen LogP contribution in [0.2, 0.25) is 0 Å². The van der Waals surface area contributed by atoms with Gasteiger partial charge in [-0.25, -0.2) is 8.78 Å². The molecule has 1 saturated heterocycles. The zero-order chi connectivity index (χ0) is 22.0. The fraction of sp³-hybridized carbons (Fsp3) is 0.957. The molecule has 0 aromatic rings. The average Bonchev–Trinajstić information content (AvgIpc) is 3.16. The Morgan fingerprint density at radius 3 is 2.57 bits per heavy atom. The standard InChI is InChI=1S/C23H42F2N4O/c1-6-22(17-30-7-2)10-8-18(9-11-22)21(3)19(15-28(5)13-12-26-4)27-29-16-23(24,25)14-20(21)29/h18,20,26H,6-17H2,1-5H3. The molecule has 2 heterocycles. The number of nitrogens with one attached hydrogen (secondary N) is 1. The van der Waals surface area contributed by atoms with E-state index in [9.17, 15) is 8.78 Å². The predicted octanol–water partition coefficient (Wildman–Crippen LogP) is 3.85. The maximum absolute atomic E-state index is 14.3. The Bertz CT molecular complexity index is 606. The molecule has 174 valence electrons. The zero-order valence-corrected chi connectivity index (χ0v) is 19.6. The SMILES string of the molecule is CCOCC1(CC)CCC(C2(C)C(CN(C)CCNC)=NN3CC(F)(F)CC32)CC1. The van der Waals surface area contributed by atoms with Gasteiger partial charge in [0.2, 0.25) is 0 Å². The van der Waals surface area contributed by atoms with Crippen molar-refractivity contribution in [1.82, 2.24) is 15.2 Å². The van der Waals surface area contributed by atoms with Gasteiger partial charge in [0.1, 0.15) is 6.54 Å². The molecule has 0 amide bonds. The Labute approximate surface area is 181 Å². The predicted molar refractivity (Wildman–Crippen MR) is 118 cm³/mol. The molecule has 0 aromatic heterocycles. The lowest BCUT2D eigenvalue weighted by atomic mass is 9.58. The number of hydrogen-bond donors (Lipinski definition) is 1. The summed E-state index contributed by atoms with van der Waals surface area (Å²) in [6.07, 6.45) is 5.45. The maximum atomic E-state index is 14.3. The number of ether oxygens (including phenoxy) is 1. The molecule has 3 rings (SSSR count). The van der Waals surface area contributed by atoms with Crippen LogP contribution >= 0.6 is 0 Å². The zero-order valence-electron chi connectivity index (χ0n) is 19.6. The molecule has 2 atom stereocenters. The number of nitrogens with zero attached hydrogens (tertiary/aromatic N) is 3. The number of hydrogen-bond acceptors (Lipinski definition) is 5. The number of fused-ring (bicyclic) bond motifs is 1. The molecule has 5 nitrogen and oxygen atoms in total. The molecular weight excluding hydrogens is 386 g/mol. The van der Waals surface area contributed by atoms with Gasteiger partial charge in [0.25, 0.3) is 5.92 Å². The normalized spacial score (nSPS) is 35.7. The first-order valence-electron chi connectivity index (χ1n) is 11.8. The highest BCUT2D eigenvalue weighted by atomic mass is 19.3. The summed E-state index contributed by atoms with van der Waals surface area (Å²) in [6, 6.07) is -0.175. The first-order chi connectivity index (χ1) is 14.2. The summed E-state index contributed by atoms with van der Waals surface area (Å²) < 4.78 is 34.4. The summed E-state index contributed by atoms with van der Waals surface area (Å²) in [5.74, 6) is -2.23. The van der Waals surface area contributed by atoms with Crippen LogP contribution in [0.1, 0.15) is 59.3 Å². The maximum Gasteiger partial charge on any atom is 0.268 e. The smallest absolute Gasteiger partial charge is 0.268 e. The van der Waals surface area contributed by atoms with Gasteiger partial charge in [0.15, 0.2) is 0 Å². The van der Waals surface area contributed by atoms with E-state index in [0.29, 0.717) is 5.92 Å². The second-order valence-corrected chi connectivity index (χ2v) is 10.1. The fourth-order valence-electron chi connectivity index (χ4n) is 5.98. The van der Waals surface area contributed by atoms with E-state index >= 15 is 0 Å². The van der Waals surface area contributed by atoms with Crippen molar-refractivity contribution in [2.45, 2.75) is 71.3 Å². The Morgan fingerprint density at radius 2 is 1.97 bits per heavy atom. The van der Waals surface area contributed by atoms with Gasteiger partial charge in [-0.15, -0.1) is 0 Å². The van der Waals surface area contributed by atoms with Gasteiger partial charge in [0.05, 0.1) is 18.4 Å².